The molecule has 1 atom stereocenters. The van der Waals surface area contributed by atoms with E-state index < -0.39 is 42.1 Å². The SMILES string of the molecule is O=C(NCc1ccc(Oc2ccccc2F)c(F)c1)C(=O)N1CCCC(C(F)(F)F)C1. The van der Waals surface area contributed by atoms with Crippen molar-refractivity contribution in [1.29, 1.82) is 0 Å². The lowest BCUT2D eigenvalue weighted by Gasteiger charge is -2.33. The molecule has 1 aliphatic heterocycles. The number of likely N-dealkylation sites (tertiary alicyclic amines) is 1. The predicted molar refractivity (Wildman–Crippen MR) is 100 cm³/mol. The summed E-state index contributed by atoms with van der Waals surface area (Å²) in [4.78, 5) is 25.1. The number of ether oxygens (including phenoxy) is 1. The predicted octanol–water partition coefficient (Wildman–Crippen LogP) is 4.17. The number of carbonyl (C=O) groups is 2. The van der Waals surface area contributed by atoms with Crippen LogP contribution in [0.1, 0.15) is 18.4 Å². The molecule has 5 nitrogen and oxygen atoms in total. The van der Waals surface area contributed by atoms with Crippen molar-refractivity contribution in [3.8, 4) is 11.5 Å². The summed E-state index contributed by atoms with van der Waals surface area (Å²) in [6.45, 7) is -0.722. The average Bonchev–Trinajstić information content (AvgIpc) is 2.74. The third-order valence-electron chi connectivity index (χ3n) is 4.87. The van der Waals surface area contributed by atoms with Gasteiger partial charge in [-0.25, -0.2) is 8.78 Å². The molecule has 1 aliphatic rings. The molecule has 3 rings (SSSR count). The molecule has 10 heteroatoms. The molecule has 1 fully saturated rings. The summed E-state index contributed by atoms with van der Waals surface area (Å²) >= 11 is 0. The monoisotopic (exact) mass is 442 g/mol. The minimum Gasteiger partial charge on any atom is -0.451 e. The molecule has 1 saturated heterocycles. The fraction of sp³-hybridized carbons (Fsp3) is 0.333. The highest BCUT2D eigenvalue weighted by molar-refractivity contribution is 6.35. The van der Waals surface area contributed by atoms with E-state index in [1.807, 2.05) is 0 Å². The highest BCUT2D eigenvalue weighted by Gasteiger charge is 2.43. The number of nitrogens with one attached hydrogen (secondary N) is 1. The number of hydrogen-bond acceptors (Lipinski definition) is 3. The van der Waals surface area contributed by atoms with Gasteiger partial charge in [0.15, 0.2) is 23.1 Å². The van der Waals surface area contributed by atoms with Gasteiger partial charge in [0, 0.05) is 19.6 Å². The van der Waals surface area contributed by atoms with Gasteiger partial charge in [-0.3, -0.25) is 9.59 Å². The number of hydrogen-bond donors (Lipinski definition) is 1. The Morgan fingerprint density at radius 1 is 1.06 bits per heavy atom. The summed E-state index contributed by atoms with van der Waals surface area (Å²) in [7, 11) is 0. The highest BCUT2D eigenvalue weighted by Crippen LogP contribution is 2.33. The lowest BCUT2D eigenvalue weighted by atomic mass is 9.97. The smallest absolute Gasteiger partial charge is 0.393 e. The number of piperidine rings is 1. The summed E-state index contributed by atoms with van der Waals surface area (Å²) in [5.74, 6) is -5.67. The fourth-order valence-corrected chi connectivity index (χ4v) is 3.21. The molecule has 2 aromatic rings. The number of benzene rings is 2. The van der Waals surface area contributed by atoms with Gasteiger partial charge in [-0.15, -0.1) is 0 Å². The first-order valence-electron chi connectivity index (χ1n) is 9.50. The van der Waals surface area contributed by atoms with Crippen LogP contribution in [0.25, 0.3) is 0 Å². The molecule has 1 unspecified atom stereocenters. The van der Waals surface area contributed by atoms with Crippen LogP contribution in [0.15, 0.2) is 42.5 Å². The minimum absolute atomic E-state index is 0.0650. The van der Waals surface area contributed by atoms with Gasteiger partial charge in [-0.2, -0.15) is 13.2 Å². The molecule has 31 heavy (non-hydrogen) atoms. The standard InChI is InChI=1S/C21H19F5N2O3/c22-15-5-1-2-6-17(15)31-18-8-7-13(10-16(18)23)11-27-19(29)20(30)28-9-3-4-14(12-28)21(24,25)26/h1-2,5-8,10,14H,3-4,9,11-12H2,(H,27,29). The topological polar surface area (TPSA) is 58.6 Å². The maximum Gasteiger partial charge on any atom is 0.393 e. The number of para-hydroxylation sites is 1. The van der Waals surface area contributed by atoms with Crippen molar-refractivity contribution in [2.75, 3.05) is 13.1 Å². The molecule has 1 N–H and O–H groups in total. The summed E-state index contributed by atoms with van der Waals surface area (Å²) in [5.41, 5.74) is 0.284. The Morgan fingerprint density at radius 3 is 2.45 bits per heavy atom. The van der Waals surface area contributed by atoms with Crippen molar-refractivity contribution < 1.29 is 36.3 Å². The van der Waals surface area contributed by atoms with Gasteiger partial charge in [0.2, 0.25) is 0 Å². The van der Waals surface area contributed by atoms with Crippen molar-refractivity contribution in [3.63, 3.8) is 0 Å². The first-order valence-corrected chi connectivity index (χ1v) is 9.50. The summed E-state index contributed by atoms with van der Waals surface area (Å²) < 4.78 is 71.7. The van der Waals surface area contributed by atoms with Gasteiger partial charge >= 0.3 is 18.0 Å². The molecular formula is C21H19F5N2O3. The highest BCUT2D eigenvalue weighted by atomic mass is 19.4. The molecular weight excluding hydrogens is 423 g/mol. The zero-order valence-corrected chi connectivity index (χ0v) is 16.2. The Labute approximate surface area is 174 Å². The Morgan fingerprint density at radius 2 is 1.77 bits per heavy atom. The van der Waals surface area contributed by atoms with Crippen molar-refractivity contribution in [1.82, 2.24) is 10.2 Å². The van der Waals surface area contributed by atoms with Crippen LogP contribution in [0.2, 0.25) is 0 Å². The second kappa shape index (κ2) is 9.32. The zero-order chi connectivity index (χ0) is 22.6. The van der Waals surface area contributed by atoms with Crippen LogP contribution in [-0.4, -0.2) is 36.0 Å². The van der Waals surface area contributed by atoms with Gasteiger partial charge in [0.1, 0.15) is 0 Å². The van der Waals surface area contributed by atoms with Crippen molar-refractivity contribution in [2.24, 2.45) is 5.92 Å². The quantitative estimate of drug-likeness (QED) is 0.571. The van der Waals surface area contributed by atoms with Gasteiger partial charge < -0.3 is 15.0 Å². The molecule has 2 aromatic carbocycles. The molecule has 0 aromatic heterocycles. The van der Waals surface area contributed by atoms with E-state index in [-0.39, 0.29) is 43.0 Å². The minimum atomic E-state index is -4.43. The third kappa shape index (κ3) is 5.71. The van der Waals surface area contributed by atoms with E-state index in [0.717, 1.165) is 17.0 Å². The summed E-state index contributed by atoms with van der Waals surface area (Å²) in [6, 6.07) is 9.16. The number of rotatable bonds is 4. The lowest BCUT2D eigenvalue weighted by Crippen LogP contribution is -2.49. The van der Waals surface area contributed by atoms with E-state index in [2.05, 4.69) is 5.32 Å². The number of carbonyl (C=O) groups excluding carboxylic acids is 2. The normalized spacial score (nSPS) is 16.7. The Balaban J connectivity index is 1.57. The molecule has 2 amide bonds. The largest absolute Gasteiger partial charge is 0.451 e. The van der Waals surface area contributed by atoms with E-state index in [0.29, 0.717) is 0 Å². The molecule has 0 spiro atoms. The van der Waals surface area contributed by atoms with Gasteiger partial charge in [-0.05, 0) is 42.7 Å². The molecule has 0 saturated carbocycles. The maximum absolute atomic E-state index is 14.3. The second-order valence-electron chi connectivity index (χ2n) is 7.11. The van der Waals surface area contributed by atoms with Crippen LogP contribution < -0.4 is 10.1 Å². The Bertz CT molecular complexity index is 964. The van der Waals surface area contributed by atoms with Crippen LogP contribution in [0.5, 0.6) is 11.5 Å². The maximum atomic E-state index is 14.3. The zero-order valence-electron chi connectivity index (χ0n) is 16.2. The van der Waals surface area contributed by atoms with Gasteiger partial charge in [0.05, 0.1) is 5.92 Å². The Hall–Kier alpha value is -3.17. The Kier molecular flexibility index (Phi) is 6.77. The van der Waals surface area contributed by atoms with E-state index in [4.69, 9.17) is 4.74 Å². The van der Waals surface area contributed by atoms with Crippen molar-refractivity contribution >= 4 is 11.8 Å². The first kappa shape index (κ1) is 22.5. The van der Waals surface area contributed by atoms with Crippen LogP contribution in [0, 0.1) is 17.6 Å². The molecule has 166 valence electrons. The number of halogens is 5. The fourth-order valence-electron chi connectivity index (χ4n) is 3.21. The van der Waals surface area contributed by atoms with E-state index in [1.165, 1.54) is 30.3 Å². The average molecular weight is 442 g/mol. The molecule has 0 radical (unpaired) electrons. The number of amides is 2. The van der Waals surface area contributed by atoms with Crippen LogP contribution in [-0.2, 0) is 16.1 Å². The molecule has 0 aliphatic carbocycles. The first-order chi connectivity index (χ1) is 14.6. The van der Waals surface area contributed by atoms with E-state index in [1.54, 1.807) is 0 Å². The van der Waals surface area contributed by atoms with Gasteiger partial charge in [-0.1, -0.05) is 18.2 Å². The van der Waals surface area contributed by atoms with Crippen LogP contribution >= 0.6 is 0 Å². The summed E-state index contributed by atoms with van der Waals surface area (Å²) in [5, 5.41) is 2.28. The van der Waals surface area contributed by atoms with Gasteiger partial charge in [0.25, 0.3) is 0 Å². The third-order valence-corrected chi connectivity index (χ3v) is 4.87. The summed E-state index contributed by atoms with van der Waals surface area (Å²) in [6.07, 6.45) is -4.37. The molecule has 0 bridgehead atoms. The van der Waals surface area contributed by atoms with E-state index in [9.17, 15) is 31.5 Å². The van der Waals surface area contributed by atoms with E-state index >= 15 is 0 Å². The molecule has 1 heterocycles. The number of alkyl halides is 3. The van der Waals surface area contributed by atoms with Crippen LogP contribution in [0.3, 0.4) is 0 Å². The van der Waals surface area contributed by atoms with Crippen molar-refractivity contribution in [2.45, 2.75) is 25.6 Å². The second-order valence-corrected chi connectivity index (χ2v) is 7.11. The van der Waals surface area contributed by atoms with Crippen LogP contribution in [0.4, 0.5) is 22.0 Å². The van der Waals surface area contributed by atoms with Crippen molar-refractivity contribution in [3.05, 3.63) is 59.7 Å². The lowest BCUT2D eigenvalue weighted by molar-refractivity contribution is -0.188. The number of nitrogens with zero attached hydrogens (tertiary/aromatic N) is 1.